The van der Waals surface area contributed by atoms with Gasteiger partial charge >= 0.3 is 0 Å². The van der Waals surface area contributed by atoms with Crippen molar-refractivity contribution in [3.63, 3.8) is 0 Å². The molecule has 1 aliphatic rings. The first-order valence-electron chi connectivity index (χ1n) is 9.29. The topological polar surface area (TPSA) is 93.7 Å². The summed E-state index contributed by atoms with van der Waals surface area (Å²) >= 11 is 0. The molecule has 0 saturated carbocycles. The van der Waals surface area contributed by atoms with Gasteiger partial charge in [0.15, 0.2) is 0 Å². The predicted octanol–water partition coefficient (Wildman–Crippen LogP) is 1.81. The van der Waals surface area contributed by atoms with Crippen LogP contribution in [0.15, 0.2) is 29.2 Å². The van der Waals surface area contributed by atoms with Crippen molar-refractivity contribution in [3.8, 4) is 5.75 Å². The first kappa shape index (κ1) is 20.5. The second-order valence-corrected chi connectivity index (χ2v) is 8.35. The minimum absolute atomic E-state index is 0.0926. The van der Waals surface area contributed by atoms with Gasteiger partial charge in [0, 0.05) is 18.8 Å². The van der Waals surface area contributed by atoms with Gasteiger partial charge in [0.2, 0.25) is 16.0 Å². The Hall–Kier alpha value is -2.23. The number of aromatic nitrogens is 2. The highest BCUT2D eigenvalue weighted by atomic mass is 32.2. The fraction of sp³-hybridized carbons (Fsp3) is 0.474. The van der Waals surface area contributed by atoms with E-state index in [1.165, 1.54) is 0 Å². The Bertz CT molecular complexity index is 928. The summed E-state index contributed by atoms with van der Waals surface area (Å²) in [5.41, 5.74) is 2.19. The van der Waals surface area contributed by atoms with Crippen LogP contribution in [0.4, 0.5) is 5.95 Å². The van der Waals surface area contributed by atoms with E-state index < -0.39 is 10.0 Å². The third-order valence-electron chi connectivity index (χ3n) is 4.39. The molecule has 152 valence electrons. The maximum absolute atomic E-state index is 12.7. The van der Waals surface area contributed by atoms with Crippen molar-refractivity contribution in [2.24, 2.45) is 0 Å². The molecule has 0 radical (unpaired) electrons. The molecule has 9 heteroatoms. The maximum Gasteiger partial charge on any atom is 0.240 e. The number of nitrogens with one attached hydrogen (secondary N) is 1. The van der Waals surface area contributed by atoms with Crippen molar-refractivity contribution in [3.05, 3.63) is 41.2 Å². The average Bonchev–Trinajstić information content (AvgIpc) is 2.68. The van der Waals surface area contributed by atoms with Gasteiger partial charge in [0.1, 0.15) is 5.75 Å². The Labute approximate surface area is 166 Å². The molecule has 8 nitrogen and oxygen atoms in total. The van der Waals surface area contributed by atoms with Crippen molar-refractivity contribution in [1.29, 1.82) is 0 Å². The van der Waals surface area contributed by atoms with Crippen LogP contribution in [-0.4, -0.2) is 51.3 Å². The number of benzene rings is 1. The number of aryl methyl sites for hydroxylation is 2. The smallest absolute Gasteiger partial charge is 0.240 e. The normalized spacial score (nSPS) is 14.9. The summed E-state index contributed by atoms with van der Waals surface area (Å²) in [7, 11) is -3.66. The number of nitrogens with zero attached hydrogens (tertiary/aromatic N) is 3. The molecule has 1 aromatic carbocycles. The number of sulfonamides is 1. The second kappa shape index (κ2) is 8.85. The maximum atomic E-state index is 12.7. The minimum Gasteiger partial charge on any atom is -0.494 e. The molecule has 28 heavy (non-hydrogen) atoms. The summed E-state index contributed by atoms with van der Waals surface area (Å²) in [5.74, 6) is 1.29. The molecule has 2 aromatic rings. The van der Waals surface area contributed by atoms with Crippen LogP contribution >= 0.6 is 0 Å². The molecule has 0 unspecified atom stereocenters. The van der Waals surface area contributed by atoms with Crippen LogP contribution in [0.2, 0.25) is 0 Å². The van der Waals surface area contributed by atoms with E-state index in [-0.39, 0.29) is 11.4 Å². The highest BCUT2D eigenvalue weighted by molar-refractivity contribution is 7.89. The van der Waals surface area contributed by atoms with Gasteiger partial charge in [-0.2, -0.15) is 0 Å². The highest BCUT2D eigenvalue weighted by Gasteiger charge is 2.18. The first-order valence-corrected chi connectivity index (χ1v) is 10.8. The molecular weight excluding hydrogens is 380 g/mol. The van der Waals surface area contributed by atoms with Crippen LogP contribution in [0.25, 0.3) is 0 Å². The zero-order valence-electron chi connectivity index (χ0n) is 16.4. The van der Waals surface area contributed by atoms with Crippen LogP contribution in [0.3, 0.4) is 0 Å². The van der Waals surface area contributed by atoms with E-state index >= 15 is 0 Å². The Balaban J connectivity index is 1.73. The summed E-state index contributed by atoms with van der Waals surface area (Å²) in [5, 5.41) is 0. The molecule has 2 heterocycles. The van der Waals surface area contributed by atoms with Crippen molar-refractivity contribution >= 4 is 16.0 Å². The number of ether oxygens (including phenoxy) is 2. The van der Waals surface area contributed by atoms with Crippen molar-refractivity contribution in [2.45, 2.75) is 32.2 Å². The lowest BCUT2D eigenvalue weighted by atomic mass is 10.2. The predicted molar refractivity (Wildman–Crippen MR) is 106 cm³/mol. The van der Waals surface area contributed by atoms with E-state index in [1.54, 1.807) is 24.3 Å². The molecule has 0 atom stereocenters. The minimum atomic E-state index is -3.66. The lowest BCUT2D eigenvalue weighted by Gasteiger charge is -2.27. The van der Waals surface area contributed by atoms with Crippen LogP contribution in [0, 0.1) is 13.8 Å². The standard InChI is InChI=1S/C19H26N4O4S/c1-4-27-18-6-5-17(11-14(18)2)28(24,25)20-13-16-12-15(3)21-19(22-16)23-7-9-26-10-8-23/h5-6,11-12,20H,4,7-10,13H2,1-3H3. The van der Waals surface area contributed by atoms with E-state index in [4.69, 9.17) is 9.47 Å². The van der Waals surface area contributed by atoms with Crippen LogP contribution in [0.1, 0.15) is 23.9 Å². The molecule has 0 spiro atoms. The van der Waals surface area contributed by atoms with E-state index in [9.17, 15) is 8.42 Å². The number of anilines is 1. The lowest BCUT2D eigenvalue weighted by Crippen LogP contribution is -2.37. The molecular formula is C19H26N4O4S. The van der Waals surface area contributed by atoms with Crippen molar-refractivity contribution < 1.29 is 17.9 Å². The van der Waals surface area contributed by atoms with Gasteiger partial charge in [-0.3, -0.25) is 0 Å². The molecule has 1 fully saturated rings. The second-order valence-electron chi connectivity index (χ2n) is 6.58. The largest absolute Gasteiger partial charge is 0.494 e. The van der Waals surface area contributed by atoms with Gasteiger partial charge in [-0.25, -0.2) is 23.1 Å². The fourth-order valence-electron chi connectivity index (χ4n) is 2.97. The molecule has 1 aliphatic heterocycles. The Morgan fingerprint density at radius 2 is 1.93 bits per heavy atom. The monoisotopic (exact) mass is 406 g/mol. The van der Waals surface area contributed by atoms with Gasteiger partial charge in [-0.1, -0.05) is 0 Å². The third-order valence-corrected chi connectivity index (χ3v) is 5.79. The number of hydrogen-bond donors (Lipinski definition) is 1. The van der Waals surface area contributed by atoms with Crippen LogP contribution < -0.4 is 14.4 Å². The molecule has 0 bridgehead atoms. The summed E-state index contributed by atoms with van der Waals surface area (Å²) in [6, 6.07) is 6.62. The Kier molecular flexibility index (Phi) is 6.48. The third kappa shape index (κ3) is 4.98. The van der Waals surface area contributed by atoms with Crippen LogP contribution in [0.5, 0.6) is 5.75 Å². The van der Waals surface area contributed by atoms with Crippen molar-refractivity contribution in [1.82, 2.24) is 14.7 Å². The van der Waals surface area contributed by atoms with Gasteiger partial charge in [0.25, 0.3) is 0 Å². The summed E-state index contributed by atoms with van der Waals surface area (Å²) in [6.07, 6.45) is 0. The molecule has 1 saturated heterocycles. The van der Waals surface area contributed by atoms with Gasteiger partial charge in [-0.05, 0) is 50.6 Å². The Morgan fingerprint density at radius 3 is 2.61 bits per heavy atom. The summed E-state index contributed by atoms with van der Waals surface area (Å²) in [6.45, 7) is 8.93. The highest BCUT2D eigenvalue weighted by Crippen LogP contribution is 2.22. The van der Waals surface area contributed by atoms with E-state index in [0.29, 0.717) is 37.2 Å². The summed E-state index contributed by atoms with van der Waals surface area (Å²) < 4.78 is 38.8. The molecule has 0 aliphatic carbocycles. The zero-order valence-corrected chi connectivity index (χ0v) is 17.3. The zero-order chi connectivity index (χ0) is 20.1. The van der Waals surface area contributed by atoms with Crippen molar-refractivity contribution in [2.75, 3.05) is 37.8 Å². The number of rotatable bonds is 7. The molecule has 1 aromatic heterocycles. The fourth-order valence-corrected chi connectivity index (χ4v) is 4.05. The SMILES string of the molecule is CCOc1ccc(S(=O)(=O)NCc2cc(C)nc(N3CCOCC3)n2)cc1C. The quantitative estimate of drug-likeness (QED) is 0.749. The molecule has 1 N–H and O–H groups in total. The Morgan fingerprint density at radius 1 is 1.18 bits per heavy atom. The lowest BCUT2D eigenvalue weighted by molar-refractivity contribution is 0.122. The molecule has 0 amide bonds. The molecule has 3 rings (SSSR count). The van der Waals surface area contributed by atoms with Gasteiger partial charge in [-0.15, -0.1) is 0 Å². The van der Waals surface area contributed by atoms with E-state index in [1.807, 2.05) is 25.7 Å². The first-order chi connectivity index (χ1) is 13.4. The van der Waals surface area contributed by atoms with E-state index in [2.05, 4.69) is 14.7 Å². The van der Waals surface area contributed by atoms with Gasteiger partial charge in [0.05, 0.1) is 37.0 Å². The number of morpholine rings is 1. The number of hydrogen-bond acceptors (Lipinski definition) is 7. The average molecular weight is 407 g/mol. The van der Waals surface area contributed by atoms with E-state index in [0.717, 1.165) is 24.3 Å². The summed E-state index contributed by atoms with van der Waals surface area (Å²) in [4.78, 5) is 11.2. The van der Waals surface area contributed by atoms with Crippen LogP contribution in [-0.2, 0) is 21.3 Å². The van der Waals surface area contributed by atoms with Gasteiger partial charge < -0.3 is 14.4 Å².